The zero-order valence-corrected chi connectivity index (χ0v) is 11.4. The van der Waals surface area contributed by atoms with Gasteiger partial charge in [-0.15, -0.1) is 0 Å². The number of aromatic nitrogens is 1. The lowest BCUT2D eigenvalue weighted by Crippen LogP contribution is -2.40. The lowest BCUT2D eigenvalue weighted by molar-refractivity contribution is 0.150. The van der Waals surface area contributed by atoms with Gasteiger partial charge in [-0.1, -0.05) is 6.92 Å². The minimum atomic E-state index is -1.64. The first kappa shape index (κ1) is 15.0. The van der Waals surface area contributed by atoms with E-state index in [0.717, 1.165) is 25.9 Å². The van der Waals surface area contributed by atoms with Crippen LogP contribution in [0.1, 0.15) is 19.8 Å². The quantitative estimate of drug-likeness (QED) is 0.685. The maximum absolute atomic E-state index is 13.5. The number of halogens is 4. The molecular weight excluding hydrogens is 274 g/mol. The topological polar surface area (TPSA) is 28.2 Å². The summed E-state index contributed by atoms with van der Waals surface area (Å²) in [6.07, 6.45) is 1.69. The number of piperidine rings is 1. The van der Waals surface area contributed by atoms with Crippen LogP contribution >= 0.6 is 0 Å². The summed E-state index contributed by atoms with van der Waals surface area (Å²) < 4.78 is 52.9. The Balaban J connectivity index is 2.11. The molecule has 0 saturated carbocycles. The second-order valence-corrected chi connectivity index (χ2v) is 5.66. The van der Waals surface area contributed by atoms with Gasteiger partial charge in [0.15, 0.2) is 0 Å². The van der Waals surface area contributed by atoms with E-state index in [9.17, 15) is 17.6 Å². The highest BCUT2D eigenvalue weighted by molar-refractivity contribution is 5.45. The minimum absolute atomic E-state index is 0.165. The highest BCUT2D eigenvalue weighted by Gasteiger charge is 2.30. The first-order chi connectivity index (χ1) is 9.32. The van der Waals surface area contributed by atoms with Gasteiger partial charge in [0.05, 0.1) is 0 Å². The van der Waals surface area contributed by atoms with Crippen LogP contribution in [0.2, 0.25) is 0 Å². The predicted molar refractivity (Wildman–Crippen MR) is 67.4 cm³/mol. The summed E-state index contributed by atoms with van der Waals surface area (Å²) in [5.41, 5.74) is -0.947. The highest BCUT2D eigenvalue weighted by atomic mass is 19.2. The predicted octanol–water partition coefficient (Wildman–Crippen LogP) is 2.78. The molecule has 1 aliphatic rings. The van der Waals surface area contributed by atoms with Crippen LogP contribution < -0.4 is 5.32 Å². The summed E-state index contributed by atoms with van der Waals surface area (Å²) >= 11 is 0. The Morgan fingerprint density at radius 1 is 1.10 bits per heavy atom. The van der Waals surface area contributed by atoms with Gasteiger partial charge in [0.2, 0.25) is 11.6 Å². The number of pyridine rings is 1. The second kappa shape index (κ2) is 5.55. The monoisotopic (exact) mass is 291 g/mol. The molecule has 0 bridgehead atoms. The van der Waals surface area contributed by atoms with Crippen LogP contribution in [0.15, 0.2) is 0 Å². The number of anilines is 1. The van der Waals surface area contributed by atoms with Crippen molar-refractivity contribution in [3.63, 3.8) is 0 Å². The van der Waals surface area contributed by atoms with Gasteiger partial charge in [-0.3, -0.25) is 0 Å². The number of rotatable bonds is 3. The molecule has 1 fully saturated rings. The van der Waals surface area contributed by atoms with Crippen LogP contribution in [0.4, 0.5) is 23.2 Å². The van der Waals surface area contributed by atoms with Crippen molar-refractivity contribution >= 4 is 5.69 Å². The summed E-state index contributed by atoms with van der Waals surface area (Å²) in [7, 11) is 2.00. The summed E-state index contributed by atoms with van der Waals surface area (Å²) in [4.78, 5) is 4.69. The first-order valence-electron chi connectivity index (χ1n) is 6.45. The maximum Gasteiger partial charge on any atom is 0.253 e. The molecule has 0 unspecified atom stereocenters. The number of hydrogen-bond donors (Lipinski definition) is 1. The summed E-state index contributed by atoms with van der Waals surface area (Å²) in [6, 6.07) is 0. The van der Waals surface area contributed by atoms with E-state index in [4.69, 9.17) is 0 Å². The third-order valence-electron chi connectivity index (χ3n) is 3.88. The van der Waals surface area contributed by atoms with Crippen molar-refractivity contribution in [3.05, 3.63) is 23.5 Å². The van der Waals surface area contributed by atoms with Crippen molar-refractivity contribution in [2.45, 2.75) is 19.8 Å². The van der Waals surface area contributed by atoms with Crippen LogP contribution in [0, 0.1) is 28.9 Å². The fourth-order valence-electron chi connectivity index (χ4n) is 2.28. The van der Waals surface area contributed by atoms with E-state index < -0.39 is 29.2 Å². The number of nitrogens with one attached hydrogen (secondary N) is 1. The average molecular weight is 291 g/mol. The molecule has 20 heavy (non-hydrogen) atoms. The fraction of sp³-hybridized carbons (Fsp3) is 0.615. The van der Waals surface area contributed by atoms with E-state index in [1.54, 1.807) is 0 Å². The largest absolute Gasteiger partial charge is 0.379 e. The van der Waals surface area contributed by atoms with Crippen LogP contribution in [0.3, 0.4) is 0 Å². The van der Waals surface area contributed by atoms with E-state index >= 15 is 0 Å². The standard InChI is InChI=1S/C13H17F4N3/c1-13(3-5-20(2)6-4-13)7-18-10-8(14)11(16)19-12(17)9(10)15/h3-7H2,1-2H3,(H,18,19). The van der Waals surface area contributed by atoms with Gasteiger partial charge < -0.3 is 10.2 Å². The molecule has 2 rings (SSSR count). The molecule has 0 radical (unpaired) electrons. The van der Waals surface area contributed by atoms with E-state index in [1.807, 2.05) is 14.0 Å². The Hall–Kier alpha value is -1.37. The second-order valence-electron chi connectivity index (χ2n) is 5.66. The Labute approximate surface area is 115 Å². The summed E-state index contributed by atoms with van der Waals surface area (Å²) in [6.45, 7) is 3.98. The van der Waals surface area contributed by atoms with E-state index in [0.29, 0.717) is 0 Å². The molecule has 1 aromatic heterocycles. The summed E-state index contributed by atoms with van der Waals surface area (Å²) in [5, 5.41) is 2.50. The molecule has 1 aromatic rings. The molecule has 112 valence electrons. The number of nitrogens with zero attached hydrogens (tertiary/aromatic N) is 2. The van der Waals surface area contributed by atoms with Crippen molar-refractivity contribution in [2.75, 3.05) is 32.0 Å². The molecule has 1 N–H and O–H groups in total. The van der Waals surface area contributed by atoms with Gasteiger partial charge in [0.25, 0.3) is 11.9 Å². The third-order valence-corrected chi connectivity index (χ3v) is 3.88. The number of likely N-dealkylation sites (tertiary alicyclic amines) is 1. The van der Waals surface area contributed by atoms with Gasteiger partial charge in [-0.2, -0.15) is 22.5 Å². The summed E-state index contributed by atoms with van der Waals surface area (Å²) in [5.74, 6) is -6.25. The highest BCUT2D eigenvalue weighted by Crippen LogP contribution is 2.31. The molecule has 1 saturated heterocycles. The van der Waals surface area contributed by atoms with Crippen LogP contribution in [0.5, 0.6) is 0 Å². The first-order valence-corrected chi connectivity index (χ1v) is 6.45. The lowest BCUT2D eigenvalue weighted by Gasteiger charge is -2.38. The molecular formula is C13H17F4N3. The normalized spacial score (nSPS) is 19.1. The molecule has 2 heterocycles. The van der Waals surface area contributed by atoms with Crippen molar-refractivity contribution in [1.29, 1.82) is 0 Å². The zero-order chi connectivity index (χ0) is 14.9. The lowest BCUT2D eigenvalue weighted by atomic mass is 9.80. The molecule has 0 spiro atoms. The van der Waals surface area contributed by atoms with Crippen LogP contribution in [-0.2, 0) is 0 Å². The van der Waals surface area contributed by atoms with E-state index in [1.165, 1.54) is 0 Å². The fourth-order valence-corrected chi connectivity index (χ4v) is 2.28. The van der Waals surface area contributed by atoms with Crippen molar-refractivity contribution in [3.8, 4) is 0 Å². The van der Waals surface area contributed by atoms with Gasteiger partial charge in [0.1, 0.15) is 5.69 Å². The van der Waals surface area contributed by atoms with Gasteiger partial charge in [-0.25, -0.2) is 0 Å². The van der Waals surface area contributed by atoms with Crippen LogP contribution in [0.25, 0.3) is 0 Å². The van der Waals surface area contributed by atoms with E-state index in [-0.39, 0.29) is 12.0 Å². The minimum Gasteiger partial charge on any atom is -0.379 e. The number of hydrogen-bond acceptors (Lipinski definition) is 3. The SMILES string of the molecule is CN1CCC(C)(CNc2c(F)c(F)nc(F)c2F)CC1. The zero-order valence-electron chi connectivity index (χ0n) is 11.4. The molecule has 0 aliphatic carbocycles. The van der Waals surface area contributed by atoms with Gasteiger partial charge >= 0.3 is 0 Å². The molecule has 0 aromatic carbocycles. The van der Waals surface area contributed by atoms with Crippen LogP contribution in [-0.4, -0.2) is 36.6 Å². The maximum atomic E-state index is 13.5. The Morgan fingerprint density at radius 2 is 1.60 bits per heavy atom. The average Bonchev–Trinajstić information content (AvgIpc) is 2.40. The molecule has 3 nitrogen and oxygen atoms in total. The Kier molecular flexibility index (Phi) is 4.17. The Morgan fingerprint density at radius 3 is 2.10 bits per heavy atom. The molecule has 7 heteroatoms. The Bertz CT molecular complexity index is 473. The smallest absolute Gasteiger partial charge is 0.253 e. The van der Waals surface area contributed by atoms with Crippen molar-refractivity contribution < 1.29 is 17.6 Å². The van der Waals surface area contributed by atoms with Gasteiger partial charge in [-0.05, 0) is 38.4 Å². The van der Waals surface area contributed by atoms with Crippen molar-refractivity contribution in [1.82, 2.24) is 9.88 Å². The van der Waals surface area contributed by atoms with Gasteiger partial charge in [0, 0.05) is 6.54 Å². The molecule has 1 aliphatic heterocycles. The van der Waals surface area contributed by atoms with Crippen molar-refractivity contribution in [2.24, 2.45) is 5.41 Å². The molecule has 0 amide bonds. The third kappa shape index (κ3) is 3.03. The van der Waals surface area contributed by atoms with E-state index in [2.05, 4.69) is 15.2 Å². The molecule has 0 atom stereocenters.